The van der Waals surface area contributed by atoms with Crippen LogP contribution in [0.2, 0.25) is 0 Å². The van der Waals surface area contributed by atoms with Gasteiger partial charge >= 0.3 is 0 Å². The number of nitrogens with zero attached hydrogens (tertiary/aromatic N) is 1. The molecule has 0 aromatic heterocycles. The minimum absolute atomic E-state index is 0.0888. The maximum atomic E-state index is 12.0. The van der Waals surface area contributed by atoms with Gasteiger partial charge in [-0.05, 0) is 31.9 Å². The number of nitrogens with two attached hydrogens (primary N) is 1. The van der Waals surface area contributed by atoms with E-state index in [9.17, 15) is 4.79 Å². The van der Waals surface area contributed by atoms with Crippen LogP contribution in [0.4, 0.5) is 0 Å². The molecule has 1 amide bonds. The van der Waals surface area contributed by atoms with Crippen LogP contribution < -0.4 is 11.1 Å². The number of piperidine rings is 1. The molecular weight excluding hydrogens is 250 g/mol. The van der Waals surface area contributed by atoms with Crippen molar-refractivity contribution in [2.45, 2.75) is 38.8 Å². The van der Waals surface area contributed by atoms with Gasteiger partial charge in [-0.15, -0.1) is 0 Å². The Balaban J connectivity index is 1.78. The summed E-state index contributed by atoms with van der Waals surface area (Å²) in [6.45, 7) is 4.75. The Morgan fingerprint density at radius 1 is 1.35 bits per heavy atom. The predicted molar refractivity (Wildman–Crippen MR) is 81.3 cm³/mol. The van der Waals surface area contributed by atoms with E-state index in [0.717, 1.165) is 18.5 Å². The first-order valence-electron chi connectivity index (χ1n) is 7.45. The average molecular weight is 275 g/mol. The SMILES string of the molecule is Cc1ccc(CNC(=O)CN2CCCCC2CN)cc1. The van der Waals surface area contributed by atoms with Crippen molar-refractivity contribution in [2.24, 2.45) is 5.73 Å². The highest BCUT2D eigenvalue weighted by atomic mass is 16.2. The number of carbonyl (C=O) groups excluding carboxylic acids is 1. The third-order valence-corrected chi connectivity index (χ3v) is 3.98. The van der Waals surface area contributed by atoms with Gasteiger partial charge < -0.3 is 11.1 Å². The van der Waals surface area contributed by atoms with Crippen LogP contribution in [0.3, 0.4) is 0 Å². The van der Waals surface area contributed by atoms with Crippen molar-refractivity contribution in [1.29, 1.82) is 0 Å². The van der Waals surface area contributed by atoms with Gasteiger partial charge in [0, 0.05) is 19.1 Å². The summed E-state index contributed by atoms with van der Waals surface area (Å²) in [5.41, 5.74) is 8.15. The zero-order valence-corrected chi connectivity index (χ0v) is 12.3. The zero-order valence-electron chi connectivity index (χ0n) is 12.3. The van der Waals surface area contributed by atoms with E-state index in [2.05, 4.69) is 41.4 Å². The van der Waals surface area contributed by atoms with E-state index in [-0.39, 0.29) is 5.91 Å². The minimum Gasteiger partial charge on any atom is -0.351 e. The molecule has 1 unspecified atom stereocenters. The topological polar surface area (TPSA) is 58.4 Å². The second-order valence-corrected chi connectivity index (χ2v) is 5.62. The number of carbonyl (C=O) groups is 1. The molecule has 20 heavy (non-hydrogen) atoms. The van der Waals surface area contributed by atoms with Crippen LogP contribution in [0.5, 0.6) is 0 Å². The maximum absolute atomic E-state index is 12.0. The van der Waals surface area contributed by atoms with Gasteiger partial charge in [-0.2, -0.15) is 0 Å². The van der Waals surface area contributed by atoms with Gasteiger partial charge in [0.25, 0.3) is 0 Å². The van der Waals surface area contributed by atoms with E-state index < -0.39 is 0 Å². The molecule has 1 fully saturated rings. The number of aryl methyl sites for hydroxylation is 1. The summed E-state index contributed by atoms with van der Waals surface area (Å²) in [5.74, 6) is 0.0888. The van der Waals surface area contributed by atoms with E-state index in [1.807, 2.05) is 0 Å². The molecule has 1 saturated heterocycles. The number of benzene rings is 1. The third kappa shape index (κ3) is 4.32. The molecule has 4 heteroatoms. The Labute approximate surface area is 121 Å². The van der Waals surface area contributed by atoms with E-state index in [4.69, 9.17) is 5.73 Å². The van der Waals surface area contributed by atoms with Crippen molar-refractivity contribution in [1.82, 2.24) is 10.2 Å². The second kappa shape index (κ2) is 7.41. The van der Waals surface area contributed by atoms with Gasteiger partial charge in [-0.3, -0.25) is 9.69 Å². The largest absolute Gasteiger partial charge is 0.351 e. The summed E-state index contributed by atoms with van der Waals surface area (Å²) in [5, 5.41) is 2.99. The first-order valence-corrected chi connectivity index (χ1v) is 7.45. The lowest BCUT2D eigenvalue weighted by molar-refractivity contribution is -0.123. The van der Waals surface area contributed by atoms with Crippen molar-refractivity contribution in [3.63, 3.8) is 0 Å². The van der Waals surface area contributed by atoms with E-state index in [1.165, 1.54) is 18.4 Å². The highest BCUT2D eigenvalue weighted by Crippen LogP contribution is 2.15. The number of likely N-dealkylation sites (tertiary alicyclic amines) is 1. The molecule has 2 rings (SSSR count). The molecule has 110 valence electrons. The number of amides is 1. The molecule has 1 aromatic carbocycles. The van der Waals surface area contributed by atoms with Crippen LogP contribution in [0, 0.1) is 6.92 Å². The average Bonchev–Trinajstić information content (AvgIpc) is 2.47. The molecule has 0 aliphatic carbocycles. The lowest BCUT2D eigenvalue weighted by Gasteiger charge is -2.34. The minimum atomic E-state index is 0.0888. The van der Waals surface area contributed by atoms with Crippen LogP contribution in [0.15, 0.2) is 24.3 Å². The van der Waals surface area contributed by atoms with E-state index >= 15 is 0 Å². The van der Waals surface area contributed by atoms with Crippen LogP contribution in [-0.2, 0) is 11.3 Å². The van der Waals surface area contributed by atoms with Gasteiger partial charge in [-0.1, -0.05) is 36.2 Å². The van der Waals surface area contributed by atoms with Crippen LogP contribution in [0.1, 0.15) is 30.4 Å². The van der Waals surface area contributed by atoms with Gasteiger partial charge in [0.1, 0.15) is 0 Å². The second-order valence-electron chi connectivity index (χ2n) is 5.62. The van der Waals surface area contributed by atoms with E-state index in [1.54, 1.807) is 0 Å². The monoisotopic (exact) mass is 275 g/mol. The molecule has 1 heterocycles. The quantitative estimate of drug-likeness (QED) is 0.854. The molecule has 1 atom stereocenters. The summed E-state index contributed by atoms with van der Waals surface area (Å²) >= 11 is 0. The molecule has 1 aliphatic heterocycles. The molecule has 0 radical (unpaired) electrons. The Morgan fingerprint density at radius 2 is 2.10 bits per heavy atom. The third-order valence-electron chi connectivity index (χ3n) is 3.98. The molecule has 1 aliphatic rings. The highest BCUT2D eigenvalue weighted by Gasteiger charge is 2.22. The van der Waals surface area contributed by atoms with Gasteiger partial charge in [0.2, 0.25) is 5.91 Å². The molecule has 1 aromatic rings. The molecule has 4 nitrogen and oxygen atoms in total. The highest BCUT2D eigenvalue weighted by molar-refractivity contribution is 5.78. The predicted octanol–water partition coefficient (Wildman–Crippen LogP) is 1.42. The Hall–Kier alpha value is -1.39. The normalized spacial score (nSPS) is 19.8. The number of rotatable bonds is 5. The fourth-order valence-corrected chi connectivity index (χ4v) is 2.68. The van der Waals surface area contributed by atoms with Crippen molar-refractivity contribution in [3.8, 4) is 0 Å². The molecule has 0 spiro atoms. The maximum Gasteiger partial charge on any atom is 0.234 e. The van der Waals surface area contributed by atoms with Gasteiger partial charge in [0.05, 0.1) is 6.54 Å². The van der Waals surface area contributed by atoms with Gasteiger partial charge in [-0.25, -0.2) is 0 Å². The van der Waals surface area contributed by atoms with Gasteiger partial charge in [0.15, 0.2) is 0 Å². The standard InChI is InChI=1S/C16H25N3O/c1-13-5-7-14(8-6-13)11-18-16(20)12-19-9-3-2-4-15(19)10-17/h5-8,15H,2-4,9-12,17H2,1H3,(H,18,20). The van der Waals surface area contributed by atoms with Crippen molar-refractivity contribution >= 4 is 5.91 Å². The number of hydrogen-bond acceptors (Lipinski definition) is 3. The van der Waals surface area contributed by atoms with Crippen LogP contribution >= 0.6 is 0 Å². The fraction of sp³-hybridized carbons (Fsp3) is 0.562. The van der Waals surface area contributed by atoms with Crippen LogP contribution in [0.25, 0.3) is 0 Å². The zero-order chi connectivity index (χ0) is 14.4. The number of nitrogens with one attached hydrogen (secondary N) is 1. The molecule has 0 saturated carbocycles. The Kier molecular flexibility index (Phi) is 5.56. The first-order chi connectivity index (χ1) is 9.69. The summed E-state index contributed by atoms with van der Waals surface area (Å²) < 4.78 is 0. The molecular formula is C16H25N3O. The van der Waals surface area contributed by atoms with Crippen molar-refractivity contribution < 1.29 is 4.79 Å². The van der Waals surface area contributed by atoms with Crippen molar-refractivity contribution in [3.05, 3.63) is 35.4 Å². The molecule has 0 bridgehead atoms. The summed E-state index contributed by atoms with van der Waals surface area (Å²) in [6.07, 6.45) is 3.51. The summed E-state index contributed by atoms with van der Waals surface area (Å²) in [6, 6.07) is 8.61. The smallest absolute Gasteiger partial charge is 0.234 e. The Bertz CT molecular complexity index is 430. The first kappa shape index (κ1) is 15.0. The molecule has 3 N–H and O–H groups in total. The lowest BCUT2D eigenvalue weighted by atomic mass is 10.0. The fourth-order valence-electron chi connectivity index (χ4n) is 2.68. The van der Waals surface area contributed by atoms with Crippen molar-refractivity contribution in [2.75, 3.05) is 19.6 Å². The number of hydrogen-bond donors (Lipinski definition) is 2. The summed E-state index contributed by atoms with van der Waals surface area (Å²) in [4.78, 5) is 14.2. The van der Waals surface area contributed by atoms with Crippen LogP contribution in [-0.4, -0.2) is 36.5 Å². The van der Waals surface area contributed by atoms with E-state index in [0.29, 0.717) is 25.7 Å². The summed E-state index contributed by atoms with van der Waals surface area (Å²) in [7, 11) is 0. The Morgan fingerprint density at radius 3 is 2.80 bits per heavy atom. The lowest BCUT2D eigenvalue weighted by Crippen LogP contribution is -2.48.